The third kappa shape index (κ3) is 51.2. The van der Waals surface area contributed by atoms with Crippen LogP contribution in [-0.4, -0.2) is 37.2 Å². The molecule has 0 aliphatic carbocycles. The molecule has 0 aliphatic heterocycles. The Morgan fingerprint density at radius 2 is 0.600 bits per heavy atom. The second-order valence-corrected chi connectivity index (χ2v) is 17.4. The third-order valence-electron chi connectivity index (χ3n) is 11.1. The number of rotatable bonds is 47. The summed E-state index contributed by atoms with van der Waals surface area (Å²) in [6, 6.07) is 0. The first-order valence-corrected chi connectivity index (χ1v) is 26.7. The summed E-state index contributed by atoms with van der Waals surface area (Å²) >= 11 is 0. The largest absolute Gasteiger partial charge is 0.462 e. The SMILES string of the molecule is CC/C=C\C/C=C\C/C=C\C/C=C\C/C=C\CCCCCC(=O)OCC(COC(=O)CCCCCCC/C=C\C/C=C\CC)OC(=O)CCCCCCC/C=C\CCCCCCCCC. The van der Waals surface area contributed by atoms with E-state index in [2.05, 4.69) is 118 Å². The van der Waals surface area contributed by atoms with Gasteiger partial charge in [0.1, 0.15) is 13.2 Å². The highest BCUT2D eigenvalue weighted by Crippen LogP contribution is 2.13. The molecule has 370 valence electrons. The fraction of sp³-hybridized carbons (Fsp3) is 0.678. The normalized spacial score (nSPS) is 12.8. The van der Waals surface area contributed by atoms with Crippen molar-refractivity contribution in [2.45, 2.75) is 245 Å². The highest BCUT2D eigenvalue weighted by Gasteiger charge is 2.19. The molecular formula is C59H98O6. The van der Waals surface area contributed by atoms with Gasteiger partial charge in [0.25, 0.3) is 0 Å². The quantitative estimate of drug-likeness (QED) is 0.0262. The third-order valence-corrected chi connectivity index (χ3v) is 11.1. The van der Waals surface area contributed by atoms with E-state index >= 15 is 0 Å². The van der Waals surface area contributed by atoms with Gasteiger partial charge in [-0.05, 0) is 116 Å². The van der Waals surface area contributed by atoms with Crippen molar-refractivity contribution in [2.24, 2.45) is 0 Å². The number of esters is 3. The molecule has 0 bridgehead atoms. The molecule has 0 N–H and O–H groups in total. The van der Waals surface area contributed by atoms with Crippen LogP contribution in [0.15, 0.2) is 97.2 Å². The lowest BCUT2D eigenvalue weighted by atomic mass is 10.1. The van der Waals surface area contributed by atoms with E-state index in [4.69, 9.17) is 14.2 Å². The maximum Gasteiger partial charge on any atom is 0.306 e. The van der Waals surface area contributed by atoms with Gasteiger partial charge in [0.2, 0.25) is 0 Å². The van der Waals surface area contributed by atoms with Gasteiger partial charge in [0.05, 0.1) is 0 Å². The molecule has 0 aromatic carbocycles. The Morgan fingerprint density at radius 1 is 0.323 bits per heavy atom. The zero-order chi connectivity index (χ0) is 47.2. The first-order chi connectivity index (χ1) is 32.0. The molecule has 0 aliphatic rings. The van der Waals surface area contributed by atoms with Crippen molar-refractivity contribution in [2.75, 3.05) is 13.2 Å². The molecule has 0 aromatic heterocycles. The molecule has 0 heterocycles. The lowest BCUT2D eigenvalue weighted by Gasteiger charge is -2.18. The van der Waals surface area contributed by atoms with Gasteiger partial charge in [0.15, 0.2) is 6.10 Å². The van der Waals surface area contributed by atoms with Crippen LogP contribution >= 0.6 is 0 Å². The number of ether oxygens (including phenoxy) is 3. The van der Waals surface area contributed by atoms with Crippen molar-refractivity contribution in [3.05, 3.63) is 97.2 Å². The lowest BCUT2D eigenvalue weighted by molar-refractivity contribution is -0.167. The van der Waals surface area contributed by atoms with Crippen LogP contribution in [0.2, 0.25) is 0 Å². The summed E-state index contributed by atoms with van der Waals surface area (Å²) in [6.45, 7) is 6.36. The van der Waals surface area contributed by atoms with E-state index in [0.717, 1.165) is 141 Å². The molecule has 6 heteroatoms. The van der Waals surface area contributed by atoms with Crippen LogP contribution in [0.25, 0.3) is 0 Å². The van der Waals surface area contributed by atoms with Crippen LogP contribution in [0, 0.1) is 0 Å². The summed E-state index contributed by atoms with van der Waals surface area (Å²) in [5.41, 5.74) is 0. The number of unbranched alkanes of at least 4 members (excludes halogenated alkanes) is 20. The van der Waals surface area contributed by atoms with E-state index in [-0.39, 0.29) is 31.1 Å². The Hall–Kier alpha value is -3.67. The van der Waals surface area contributed by atoms with Gasteiger partial charge < -0.3 is 14.2 Å². The molecular weight excluding hydrogens is 805 g/mol. The Kier molecular flexibility index (Phi) is 50.0. The zero-order valence-electron chi connectivity index (χ0n) is 42.2. The van der Waals surface area contributed by atoms with Crippen LogP contribution in [0.1, 0.15) is 239 Å². The van der Waals surface area contributed by atoms with E-state index in [1.54, 1.807) is 0 Å². The molecule has 65 heavy (non-hydrogen) atoms. The zero-order valence-corrected chi connectivity index (χ0v) is 42.2. The molecule has 0 saturated heterocycles. The molecule has 0 amide bonds. The molecule has 1 atom stereocenters. The van der Waals surface area contributed by atoms with Gasteiger partial charge in [-0.15, -0.1) is 0 Å². The summed E-state index contributed by atoms with van der Waals surface area (Å²) in [7, 11) is 0. The van der Waals surface area contributed by atoms with Crippen LogP contribution in [0.5, 0.6) is 0 Å². The van der Waals surface area contributed by atoms with Gasteiger partial charge in [-0.3, -0.25) is 14.4 Å². The first-order valence-electron chi connectivity index (χ1n) is 26.7. The van der Waals surface area contributed by atoms with Crippen LogP contribution in [-0.2, 0) is 28.6 Å². The van der Waals surface area contributed by atoms with Crippen molar-refractivity contribution in [3.8, 4) is 0 Å². The second kappa shape index (κ2) is 52.9. The second-order valence-electron chi connectivity index (χ2n) is 17.4. The van der Waals surface area contributed by atoms with Crippen LogP contribution in [0.4, 0.5) is 0 Å². The van der Waals surface area contributed by atoms with Crippen molar-refractivity contribution < 1.29 is 28.6 Å². The summed E-state index contributed by atoms with van der Waals surface area (Å²) in [4.78, 5) is 38.0. The summed E-state index contributed by atoms with van der Waals surface area (Å²) in [5.74, 6) is -0.956. The highest BCUT2D eigenvalue weighted by atomic mass is 16.6. The average Bonchev–Trinajstić information content (AvgIpc) is 3.30. The minimum atomic E-state index is -0.802. The summed E-state index contributed by atoms with van der Waals surface area (Å²) < 4.78 is 16.8. The number of allylic oxidation sites excluding steroid dienone is 16. The van der Waals surface area contributed by atoms with Crippen LogP contribution in [0.3, 0.4) is 0 Å². The van der Waals surface area contributed by atoms with Crippen molar-refractivity contribution in [3.63, 3.8) is 0 Å². The van der Waals surface area contributed by atoms with Crippen molar-refractivity contribution >= 4 is 17.9 Å². The first kappa shape index (κ1) is 61.3. The predicted octanol–water partition coefficient (Wildman–Crippen LogP) is 17.8. The van der Waals surface area contributed by atoms with Crippen molar-refractivity contribution in [1.29, 1.82) is 0 Å². The van der Waals surface area contributed by atoms with E-state index in [0.29, 0.717) is 19.3 Å². The van der Waals surface area contributed by atoms with E-state index < -0.39 is 6.10 Å². The number of hydrogen-bond donors (Lipinski definition) is 0. The average molecular weight is 903 g/mol. The Bertz CT molecular complexity index is 1310. The van der Waals surface area contributed by atoms with Gasteiger partial charge >= 0.3 is 17.9 Å². The maximum absolute atomic E-state index is 12.8. The number of carbonyl (C=O) groups is 3. The molecule has 1 unspecified atom stereocenters. The maximum atomic E-state index is 12.8. The minimum absolute atomic E-state index is 0.0998. The lowest BCUT2D eigenvalue weighted by Crippen LogP contribution is -2.30. The number of hydrogen-bond acceptors (Lipinski definition) is 6. The molecule has 0 fully saturated rings. The minimum Gasteiger partial charge on any atom is -0.462 e. The van der Waals surface area contributed by atoms with Gasteiger partial charge in [-0.1, -0.05) is 201 Å². The van der Waals surface area contributed by atoms with Gasteiger partial charge in [-0.25, -0.2) is 0 Å². The van der Waals surface area contributed by atoms with E-state index in [1.807, 2.05) is 0 Å². The molecule has 0 rings (SSSR count). The van der Waals surface area contributed by atoms with Crippen molar-refractivity contribution in [1.82, 2.24) is 0 Å². The number of carbonyl (C=O) groups excluding carboxylic acids is 3. The molecule has 0 radical (unpaired) electrons. The highest BCUT2D eigenvalue weighted by molar-refractivity contribution is 5.71. The monoisotopic (exact) mass is 903 g/mol. The Balaban J connectivity index is 4.46. The molecule has 0 saturated carbocycles. The van der Waals surface area contributed by atoms with Gasteiger partial charge in [-0.2, -0.15) is 0 Å². The fourth-order valence-electron chi connectivity index (χ4n) is 7.09. The predicted molar refractivity (Wildman–Crippen MR) is 279 cm³/mol. The molecule has 0 spiro atoms. The van der Waals surface area contributed by atoms with E-state index in [9.17, 15) is 14.4 Å². The molecule has 6 nitrogen and oxygen atoms in total. The fourth-order valence-corrected chi connectivity index (χ4v) is 7.09. The Morgan fingerprint density at radius 3 is 0.969 bits per heavy atom. The van der Waals surface area contributed by atoms with Gasteiger partial charge in [0, 0.05) is 19.3 Å². The molecule has 0 aromatic rings. The smallest absolute Gasteiger partial charge is 0.306 e. The Labute approximate surface area is 400 Å². The summed E-state index contributed by atoms with van der Waals surface area (Å²) in [5, 5.41) is 0. The summed E-state index contributed by atoms with van der Waals surface area (Å²) in [6.07, 6.45) is 69.6. The standard InChI is InChI=1S/C59H98O6/c1-4-7-10-13-16-19-22-25-27-29-30-31-33-34-37-40-43-46-49-52-58(61)64-55-56(54-63-57(60)51-48-45-42-39-36-24-21-18-15-12-9-6-3)65-59(62)53-50-47-44-41-38-35-32-28-26-23-20-17-14-11-8-5-2/h7,9-10,12,16,18-19,21,25,27-28,30-32,34,37,56H,4-6,8,11,13-15,17,20,22-24,26,29,33,35-36,38-55H2,1-3H3/b10-7-,12-9-,19-16-,21-18-,27-25-,31-30-,32-28-,37-34-. The van der Waals surface area contributed by atoms with E-state index in [1.165, 1.54) is 57.8 Å². The van der Waals surface area contributed by atoms with Crippen LogP contribution < -0.4 is 0 Å². The topological polar surface area (TPSA) is 78.9 Å².